The molecule has 12 heteroatoms. The quantitative estimate of drug-likeness (QED) is 0.228. The number of likely N-dealkylation sites (N-methyl/N-ethyl adjacent to an activating group) is 2. The summed E-state index contributed by atoms with van der Waals surface area (Å²) in [5, 5.41) is 3.43. The second kappa shape index (κ2) is 12.1. The van der Waals surface area contributed by atoms with Crippen molar-refractivity contribution in [1.82, 2.24) is 23.8 Å². The molecule has 0 unspecified atom stereocenters. The summed E-state index contributed by atoms with van der Waals surface area (Å²) >= 11 is 0. The summed E-state index contributed by atoms with van der Waals surface area (Å²) in [6, 6.07) is 21.0. The van der Waals surface area contributed by atoms with Gasteiger partial charge >= 0.3 is 0 Å². The van der Waals surface area contributed by atoms with Crippen LogP contribution in [0.1, 0.15) is 22.3 Å². The highest BCUT2D eigenvalue weighted by atomic mass is 32.2. The van der Waals surface area contributed by atoms with E-state index in [2.05, 4.69) is 41.5 Å². The van der Waals surface area contributed by atoms with Gasteiger partial charge in [0.15, 0.2) is 28.5 Å². The van der Waals surface area contributed by atoms with Gasteiger partial charge in [0.25, 0.3) is 0 Å². The van der Waals surface area contributed by atoms with Gasteiger partial charge in [-0.15, -0.1) is 0 Å². The number of nitrogens with zero attached hydrogens (tertiary/aromatic N) is 6. The Morgan fingerprint density at radius 3 is 2.30 bits per heavy atom. The van der Waals surface area contributed by atoms with Gasteiger partial charge in [-0.05, 0) is 49.2 Å². The second-order valence-electron chi connectivity index (χ2n) is 11.0. The second-order valence-corrected chi connectivity index (χ2v) is 13.0. The van der Waals surface area contributed by atoms with Gasteiger partial charge in [-0.3, -0.25) is 0 Å². The van der Waals surface area contributed by atoms with E-state index in [4.69, 9.17) is 19.4 Å². The minimum Gasteiger partial charge on any atom is -0.454 e. The molecule has 0 amide bonds. The van der Waals surface area contributed by atoms with Gasteiger partial charge in [-0.25, -0.2) is 13.4 Å². The number of ether oxygens (including phenoxy) is 2. The minimum atomic E-state index is -3.64. The van der Waals surface area contributed by atoms with E-state index in [1.807, 2.05) is 41.6 Å². The Bertz CT molecular complexity index is 1890. The number of sulfonamides is 1. The summed E-state index contributed by atoms with van der Waals surface area (Å²) < 4.78 is 40.6. The summed E-state index contributed by atoms with van der Waals surface area (Å²) in [6.07, 6.45) is 1.77. The van der Waals surface area contributed by atoms with Gasteiger partial charge in [-0.2, -0.15) is 14.3 Å². The molecule has 1 aliphatic rings. The first-order valence-corrected chi connectivity index (χ1v) is 15.8. The van der Waals surface area contributed by atoms with E-state index < -0.39 is 10.0 Å². The van der Waals surface area contributed by atoms with Crippen LogP contribution in [0, 0.1) is 13.8 Å². The fourth-order valence-electron chi connectivity index (χ4n) is 4.87. The third kappa shape index (κ3) is 6.17. The van der Waals surface area contributed by atoms with E-state index in [0.29, 0.717) is 48.3 Å². The molecule has 5 aromatic rings. The first-order valence-electron chi connectivity index (χ1n) is 14.3. The number of imidazole rings is 1. The highest BCUT2D eigenvalue weighted by Gasteiger charge is 2.22. The first-order chi connectivity index (χ1) is 21.2. The van der Waals surface area contributed by atoms with E-state index in [1.54, 1.807) is 37.6 Å². The highest BCUT2D eigenvalue weighted by Crippen LogP contribution is 2.33. The number of anilines is 2. The number of hydrogen-bond donors (Lipinski definition) is 1. The number of hydrogen-bond acceptors (Lipinski definition) is 9. The van der Waals surface area contributed by atoms with Crippen LogP contribution in [0.15, 0.2) is 78.0 Å². The fraction of sp³-hybridized carbons (Fsp3) is 0.281. The van der Waals surface area contributed by atoms with E-state index in [1.165, 1.54) is 9.87 Å². The average Bonchev–Trinajstić information content (AvgIpc) is 3.66. The lowest BCUT2D eigenvalue weighted by Gasteiger charge is -2.23. The van der Waals surface area contributed by atoms with Gasteiger partial charge in [-0.1, -0.05) is 53.6 Å². The van der Waals surface area contributed by atoms with Crippen LogP contribution >= 0.6 is 0 Å². The van der Waals surface area contributed by atoms with Crippen molar-refractivity contribution in [3.63, 3.8) is 0 Å². The van der Waals surface area contributed by atoms with Crippen molar-refractivity contribution in [1.29, 1.82) is 0 Å². The van der Waals surface area contributed by atoms with E-state index in [9.17, 15) is 8.42 Å². The molecular formula is C32H35N7O4S. The van der Waals surface area contributed by atoms with Crippen LogP contribution in [0.4, 0.5) is 11.8 Å². The van der Waals surface area contributed by atoms with Crippen LogP contribution in [-0.4, -0.2) is 66.2 Å². The summed E-state index contributed by atoms with van der Waals surface area (Å²) in [6.45, 7) is 5.90. The Kier molecular flexibility index (Phi) is 8.11. The number of rotatable bonds is 11. The zero-order valence-electron chi connectivity index (χ0n) is 25.2. The van der Waals surface area contributed by atoms with Crippen LogP contribution in [0.3, 0.4) is 0 Å². The molecule has 0 fully saturated rings. The normalized spacial score (nSPS) is 12.7. The third-order valence-electron chi connectivity index (χ3n) is 7.64. The smallest absolute Gasteiger partial charge is 0.242 e. The van der Waals surface area contributed by atoms with Crippen molar-refractivity contribution >= 4 is 33.0 Å². The summed E-state index contributed by atoms with van der Waals surface area (Å²) in [7, 11) is -0.193. The van der Waals surface area contributed by atoms with Gasteiger partial charge in [0.1, 0.15) is 0 Å². The van der Waals surface area contributed by atoms with Crippen LogP contribution in [0.2, 0.25) is 0 Å². The summed E-state index contributed by atoms with van der Waals surface area (Å²) in [5.41, 5.74) is 5.65. The average molecular weight is 614 g/mol. The monoisotopic (exact) mass is 613 g/mol. The van der Waals surface area contributed by atoms with Crippen molar-refractivity contribution < 1.29 is 17.9 Å². The molecule has 6 rings (SSSR count). The Hall–Kier alpha value is -4.68. The van der Waals surface area contributed by atoms with Crippen LogP contribution in [0.25, 0.3) is 11.2 Å². The highest BCUT2D eigenvalue weighted by molar-refractivity contribution is 7.89. The maximum atomic E-state index is 13.2. The maximum Gasteiger partial charge on any atom is 0.242 e. The molecule has 0 radical (unpaired) electrons. The van der Waals surface area contributed by atoms with Gasteiger partial charge in [0.05, 0.1) is 17.8 Å². The third-order valence-corrected chi connectivity index (χ3v) is 9.51. The number of benzene rings is 3. The lowest BCUT2D eigenvalue weighted by Crippen LogP contribution is -2.35. The van der Waals surface area contributed by atoms with Crippen molar-refractivity contribution in [3.8, 4) is 11.5 Å². The molecule has 3 aromatic carbocycles. The molecule has 0 atom stereocenters. The molecule has 0 spiro atoms. The van der Waals surface area contributed by atoms with E-state index in [-0.39, 0.29) is 18.2 Å². The summed E-state index contributed by atoms with van der Waals surface area (Å²) in [4.78, 5) is 16.5. The molecule has 3 heterocycles. The van der Waals surface area contributed by atoms with E-state index in [0.717, 1.165) is 22.4 Å². The molecule has 0 aliphatic carbocycles. The Morgan fingerprint density at radius 2 is 1.55 bits per heavy atom. The maximum absolute atomic E-state index is 13.2. The largest absolute Gasteiger partial charge is 0.454 e. The van der Waals surface area contributed by atoms with Crippen LogP contribution in [-0.2, 0) is 23.1 Å². The zero-order chi connectivity index (χ0) is 30.8. The predicted octanol–water partition coefficient (Wildman–Crippen LogP) is 4.59. The van der Waals surface area contributed by atoms with Crippen LogP contribution < -0.4 is 19.7 Å². The first kappa shape index (κ1) is 29.4. The zero-order valence-corrected chi connectivity index (χ0v) is 26.0. The Balaban J connectivity index is 1.26. The molecule has 11 nitrogen and oxygen atoms in total. The molecule has 1 aliphatic heterocycles. The fourth-order valence-corrected chi connectivity index (χ4v) is 6.03. The number of nitrogens with one attached hydrogen (secondary N) is 1. The molecule has 1 N–H and O–H groups in total. The van der Waals surface area contributed by atoms with Crippen molar-refractivity contribution in [3.05, 3.63) is 95.3 Å². The molecule has 44 heavy (non-hydrogen) atoms. The summed E-state index contributed by atoms with van der Waals surface area (Å²) in [5.74, 6) is 2.48. The molecule has 0 bridgehead atoms. The lowest BCUT2D eigenvalue weighted by atomic mass is 10.1. The molecule has 2 aromatic heterocycles. The standard InChI is InChI=1S/C32H35N7O4S/c1-22-5-9-24(10-6-22)19-39-20-34-29-30(33-18-25-11-14-27-28(17-25)43-21-42-27)35-32(36-31(29)39)37(3)15-16-38(4)44(40,41)26-12-7-23(2)8-13-26/h5-14,17,20H,15-16,18-19,21H2,1-4H3,(H,33,35,36). The van der Waals surface area contributed by atoms with Gasteiger partial charge in [0.2, 0.25) is 22.8 Å². The van der Waals surface area contributed by atoms with Gasteiger partial charge in [0, 0.05) is 33.7 Å². The number of aryl methyl sites for hydroxylation is 2. The Morgan fingerprint density at radius 1 is 0.864 bits per heavy atom. The lowest BCUT2D eigenvalue weighted by molar-refractivity contribution is 0.174. The number of aromatic nitrogens is 4. The van der Waals surface area contributed by atoms with Crippen molar-refractivity contribution in [2.24, 2.45) is 0 Å². The van der Waals surface area contributed by atoms with Crippen molar-refractivity contribution in [2.75, 3.05) is 44.2 Å². The van der Waals surface area contributed by atoms with Crippen LogP contribution in [0.5, 0.6) is 11.5 Å². The van der Waals surface area contributed by atoms with Gasteiger partial charge < -0.3 is 24.3 Å². The predicted molar refractivity (Wildman–Crippen MR) is 170 cm³/mol. The topological polar surface area (TPSA) is 115 Å². The van der Waals surface area contributed by atoms with Crippen molar-refractivity contribution in [2.45, 2.75) is 31.8 Å². The minimum absolute atomic E-state index is 0.217. The molecule has 228 valence electrons. The SMILES string of the molecule is Cc1ccc(Cn2cnc3c(NCc4ccc5c(c4)OCO5)nc(N(C)CCN(C)S(=O)(=O)c4ccc(C)cc4)nc32)cc1. The molecule has 0 saturated heterocycles. The molecule has 0 saturated carbocycles. The number of fused-ring (bicyclic) bond motifs is 2. The Labute approximate surface area is 257 Å². The van der Waals surface area contributed by atoms with E-state index >= 15 is 0 Å². The molecular weight excluding hydrogens is 578 g/mol.